The van der Waals surface area contributed by atoms with Gasteiger partial charge in [0.1, 0.15) is 17.3 Å². The Bertz CT molecular complexity index is 1360. The number of furan rings is 1. The highest BCUT2D eigenvalue weighted by Gasteiger charge is 2.21. The van der Waals surface area contributed by atoms with Gasteiger partial charge in [-0.3, -0.25) is 4.79 Å². The normalized spacial score (nSPS) is 11.2. The Balaban J connectivity index is 1.56. The molecule has 176 valence electrons. The van der Waals surface area contributed by atoms with Gasteiger partial charge in [-0.2, -0.15) is 5.10 Å². The van der Waals surface area contributed by atoms with Crippen LogP contribution in [0.4, 0.5) is 4.39 Å². The molecule has 0 aliphatic heterocycles. The smallest absolute Gasteiger partial charge is 0.339 e. The molecule has 0 unspecified atom stereocenters. The molecule has 1 aromatic carbocycles. The molecule has 1 N–H and O–H groups in total. The number of carbonyl (C=O) groups excluding carboxylic acids is 2. The molecule has 8 nitrogen and oxygen atoms in total. The molecule has 0 atom stereocenters. The molecule has 9 heteroatoms. The van der Waals surface area contributed by atoms with Gasteiger partial charge < -0.3 is 14.5 Å². The standard InChI is InChI=1S/C25H25FN4O4/c1-14(2)30-24-21(12-28-30)20(10-22(29-24)19-9-15(3)34-16(19)4)25(32)33-13-23(31)27-11-17-5-7-18(26)8-6-17/h5-10,12,14H,11,13H2,1-4H3,(H,27,31). The molecule has 0 saturated heterocycles. The maximum absolute atomic E-state index is 13.0. The molecular formula is C25H25FN4O4. The minimum atomic E-state index is -0.660. The summed E-state index contributed by atoms with van der Waals surface area (Å²) in [5, 5.41) is 7.57. The first-order valence-electron chi connectivity index (χ1n) is 10.9. The van der Waals surface area contributed by atoms with Crippen LogP contribution in [0.2, 0.25) is 0 Å². The molecule has 34 heavy (non-hydrogen) atoms. The van der Waals surface area contributed by atoms with Crippen LogP contribution < -0.4 is 5.32 Å². The summed E-state index contributed by atoms with van der Waals surface area (Å²) >= 11 is 0. The monoisotopic (exact) mass is 464 g/mol. The molecule has 0 aliphatic rings. The van der Waals surface area contributed by atoms with Gasteiger partial charge in [0.25, 0.3) is 5.91 Å². The van der Waals surface area contributed by atoms with E-state index < -0.39 is 18.5 Å². The van der Waals surface area contributed by atoms with Crippen molar-refractivity contribution < 1.29 is 23.1 Å². The summed E-state index contributed by atoms with van der Waals surface area (Å²) in [6.45, 7) is 7.35. The number of halogens is 1. The van der Waals surface area contributed by atoms with E-state index in [1.165, 1.54) is 12.1 Å². The number of amides is 1. The Labute approximate surface area is 195 Å². The number of nitrogens with one attached hydrogen (secondary N) is 1. The van der Waals surface area contributed by atoms with E-state index in [9.17, 15) is 14.0 Å². The summed E-state index contributed by atoms with van der Waals surface area (Å²) in [6.07, 6.45) is 1.57. The van der Waals surface area contributed by atoms with Gasteiger partial charge >= 0.3 is 5.97 Å². The first-order chi connectivity index (χ1) is 16.2. The van der Waals surface area contributed by atoms with Crippen molar-refractivity contribution in [3.63, 3.8) is 0 Å². The van der Waals surface area contributed by atoms with Crippen LogP contribution in [-0.2, 0) is 16.1 Å². The summed E-state index contributed by atoms with van der Waals surface area (Å²) < 4.78 is 25.7. The Hall–Kier alpha value is -4.01. The van der Waals surface area contributed by atoms with Gasteiger partial charge in [0.05, 0.1) is 22.8 Å². The van der Waals surface area contributed by atoms with Crippen molar-refractivity contribution in [2.45, 2.75) is 40.3 Å². The number of nitrogens with zero attached hydrogens (tertiary/aromatic N) is 3. The third kappa shape index (κ3) is 4.83. The maximum Gasteiger partial charge on any atom is 0.339 e. The fourth-order valence-corrected chi connectivity index (χ4v) is 3.65. The second kappa shape index (κ2) is 9.46. The lowest BCUT2D eigenvalue weighted by molar-refractivity contribution is -0.124. The third-order valence-electron chi connectivity index (χ3n) is 5.33. The topological polar surface area (TPSA) is 99.2 Å². The van der Waals surface area contributed by atoms with Crippen molar-refractivity contribution in [3.8, 4) is 11.3 Å². The highest BCUT2D eigenvalue weighted by atomic mass is 19.1. The number of aromatic nitrogens is 3. The Morgan fingerprint density at radius 3 is 2.56 bits per heavy atom. The van der Waals surface area contributed by atoms with Gasteiger partial charge in [0.2, 0.25) is 0 Å². The number of aryl methyl sites for hydroxylation is 2. The predicted molar refractivity (Wildman–Crippen MR) is 124 cm³/mol. The van der Waals surface area contributed by atoms with Crippen LogP contribution in [-0.4, -0.2) is 33.2 Å². The number of hydrogen-bond acceptors (Lipinski definition) is 6. The van der Waals surface area contributed by atoms with E-state index in [-0.39, 0.29) is 24.0 Å². The largest absolute Gasteiger partial charge is 0.466 e. The SMILES string of the molecule is Cc1cc(-c2cc(C(=O)OCC(=O)NCc3ccc(F)cc3)c3cnn(C(C)C)c3n2)c(C)o1. The minimum absolute atomic E-state index is 0.0218. The molecule has 0 spiro atoms. The van der Waals surface area contributed by atoms with Crippen LogP contribution in [0.15, 0.2) is 47.0 Å². The Morgan fingerprint density at radius 1 is 1.18 bits per heavy atom. The second-order valence-corrected chi connectivity index (χ2v) is 8.28. The van der Waals surface area contributed by atoms with Gasteiger partial charge in [0, 0.05) is 18.2 Å². The lowest BCUT2D eigenvalue weighted by atomic mass is 10.1. The van der Waals surface area contributed by atoms with Gasteiger partial charge in [-0.25, -0.2) is 18.9 Å². The highest BCUT2D eigenvalue weighted by Crippen LogP contribution is 2.30. The molecule has 1 amide bonds. The zero-order valence-electron chi connectivity index (χ0n) is 19.4. The number of carbonyl (C=O) groups is 2. The molecule has 3 heterocycles. The van der Waals surface area contributed by atoms with E-state index >= 15 is 0 Å². The first kappa shape index (κ1) is 23.2. The van der Waals surface area contributed by atoms with Crippen molar-refractivity contribution in [1.82, 2.24) is 20.1 Å². The number of benzene rings is 1. The number of hydrogen-bond donors (Lipinski definition) is 1. The fourth-order valence-electron chi connectivity index (χ4n) is 3.65. The maximum atomic E-state index is 13.0. The number of pyridine rings is 1. The summed E-state index contributed by atoms with van der Waals surface area (Å²) in [5.41, 5.74) is 2.85. The van der Waals surface area contributed by atoms with Crippen LogP contribution in [0.1, 0.15) is 47.3 Å². The molecular weight excluding hydrogens is 439 g/mol. The quantitative estimate of drug-likeness (QED) is 0.404. The molecule has 0 fully saturated rings. The van der Waals surface area contributed by atoms with Crippen molar-refractivity contribution in [2.24, 2.45) is 0 Å². The summed E-state index contributed by atoms with van der Waals surface area (Å²) in [4.78, 5) is 29.9. The minimum Gasteiger partial charge on any atom is -0.466 e. The van der Waals surface area contributed by atoms with Gasteiger partial charge in [-0.1, -0.05) is 12.1 Å². The van der Waals surface area contributed by atoms with Crippen molar-refractivity contribution in [1.29, 1.82) is 0 Å². The average molecular weight is 464 g/mol. The van der Waals surface area contributed by atoms with Crippen LogP contribution in [0.25, 0.3) is 22.3 Å². The van der Waals surface area contributed by atoms with Crippen LogP contribution in [0.5, 0.6) is 0 Å². The predicted octanol–water partition coefficient (Wildman–Crippen LogP) is 4.50. The third-order valence-corrected chi connectivity index (χ3v) is 5.33. The van der Waals surface area contributed by atoms with Crippen molar-refractivity contribution in [2.75, 3.05) is 6.61 Å². The lowest BCUT2D eigenvalue weighted by Gasteiger charge is -2.11. The van der Waals surface area contributed by atoms with E-state index in [1.807, 2.05) is 33.8 Å². The summed E-state index contributed by atoms with van der Waals surface area (Å²) in [6, 6.07) is 9.28. The average Bonchev–Trinajstić information content (AvgIpc) is 3.38. The first-order valence-corrected chi connectivity index (χ1v) is 10.9. The van der Waals surface area contributed by atoms with Crippen LogP contribution in [0.3, 0.4) is 0 Å². The van der Waals surface area contributed by atoms with Crippen LogP contribution >= 0.6 is 0 Å². The van der Waals surface area contributed by atoms with E-state index in [2.05, 4.69) is 10.4 Å². The number of rotatable bonds is 7. The lowest BCUT2D eigenvalue weighted by Crippen LogP contribution is -2.28. The van der Waals surface area contributed by atoms with E-state index in [0.29, 0.717) is 22.5 Å². The van der Waals surface area contributed by atoms with E-state index in [1.54, 1.807) is 29.1 Å². The Kier molecular flexibility index (Phi) is 6.45. The van der Waals surface area contributed by atoms with Crippen molar-refractivity contribution in [3.05, 3.63) is 71.1 Å². The summed E-state index contributed by atoms with van der Waals surface area (Å²) in [5.74, 6) is -0.0732. The molecule has 4 aromatic rings. The molecule has 0 radical (unpaired) electrons. The zero-order valence-corrected chi connectivity index (χ0v) is 19.4. The summed E-state index contributed by atoms with van der Waals surface area (Å²) in [7, 11) is 0. The molecule has 4 rings (SSSR count). The molecule has 0 saturated carbocycles. The molecule has 0 aliphatic carbocycles. The fraction of sp³-hybridized carbons (Fsp3) is 0.280. The van der Waals surface area contributed by atoms with Crippen molar-refractivity contribution >= 4 is 22.9 Å². The second-order valence-electron chi connectivity index (χ2n) is 8.28. The van der Waals surface area contributed by atoms with Crippen LogP contribution in [0, 0.1) is 19.7 Å². The number of esters is 1. The van der Waals surface area contributed by atoms with Gasteiger partial charge in [-0.15, -0.1) is 0 Å². The molecule has 0 bridgehead atoms. The Morgan fingerprint density at radius 2 is 1.91 bits per heavy atom. The zero-order chi connectivity index (χ0) is 24.4. The van der Waals surface area contributed by atoms with Gasteiger partial charge in [0.15, 0.2) is 12.3 Å². The number of ether oxygens (including phenoxy) is 1. The number of fused-ring (bicyclic) bond motifs is 1. The van der Waals surface area contributed by atoms with E-state index in [4.69, 9.17) is 14.1 Å². The molecule has 3 aromatic heterocycles. The van der Waals surface area contributed by atoms with Gasteiger partial charge in [-0.05, 0) is 57.5 Å². The highest BCUT2D eigenvalue weighted by molar-refractivity contribution is 6.04. The van der Waals surface area contributed by atoms with E-state index in [0.717, 1.165) is 16.9 Å².